The zero-order chi connectivity index (χ0) is 11.3. The summed E-state index contributed by atoms with van der Waals surface area (Å²) in [6.45, 7) is 8.40. The van der Waals surface area contributed by atoms with Crippen molar-refractivity contribution in [1.82, 2.24) is 0 Å². The van der Waals surface area contributed by atoms with Crippen molar-refractivity contribution in [2.45, 2.75) is 34.1 Å². The van der Waals surface area contributed by atoms with Crippen molar-refractivity contribution < 1.29 is 0 Å². The minimum absolute atomic E-state index is 0.528. The molecular weight excluding hydrogens is 182 g/mol. The average Bonchev–Trinajstić information content (AvgIpc) is 2.44. The van der Waals surface area contributed by atoms with Gasteiger partial charge >= 0.3 is 0 Å². The zero-order valence-electron chi connectivity index (χ0n) is 10.2. The minimum atomic E-state index is 0.528. The van der Waals surface area contributed by atoms with Crippen molar-refractivity contribution >= 4 is 6.21 Å². The van der Waals surface area contributed by atoms with Crippen LogP contribution in [0, 0.1) is 11.8 Å². The Morgan fingerprint density at radius 3 is 2.73 bits per heavy atom. The van der Waals surface area contributed by atoms with Crippen molar-refractivity contribution in [2.75, 3.05) is 0 Å². The van der Waals surface area contributed by atoms with Gasteiger partial charge in [0.1, 0.15) is 0 Å². The zero-order valence-corrected chi connectivity index (χ0v) is 10.2. The summed E-state index contributed by atoms with van der Waals surface area (Å²) in [5.74, 6) is 1.16. The molecule has 0 aromatic carbocycles. The van der Waals surface area contributed by atoms with Crippen LogP contribution >= 0.6 is 0 Å². The third kappa shape index (κ3) is 2.68. The van der Waals surface area contributed by atoms with Gasteiger partial charge in [-0.05, 0) is 26.2 Å². The monoisotopic (exact) mass is 203 g/mol. The number of rotatable bonds is 0. The molecule has 0 fully saturated rings. The standard InChI is InChI=1S/C12H15N.C2H6/c1-9-4-3-5-11-6-7-13-8-12(11)10(9)2;1-2/h3-4,6-8,11-12H,5H2,1-2H3;1-2H3. The van der Waals surface area contributed by atoms with Crippen LogP contribution in [-0.2, 0) is 0 Å². The predicted molar refractivity (Wildman–Crippen MR) is 68.1 cm³/mol. The minimum Gasteiger partial charge on any atom is -0.269 e. The van der Waals surface area contributed by atoms with Gasteiger partial charge in [0.2, 0.25) is 0 Å². The molecule has 1 heterocycles. The van der Waals surface area contributed by atoms with Gasteiger partial charge in [0, 0.05) is 18.3 Å². The van der Waals surface area contributed by atoms with Crippen LogP contribution in [0.3, 0.4) is 0 Å². The lowest BCUT2D eigenvalue weighted by Crippen LogP contribution is -2.17. The van der Waals surface area contributed by atoms with Gasteiger partial charge in [-0.3, -0.25) is 4.99 Å². The highest BCUT2D eigenvalue weighted by molar-refractivity contribution is 5.68. The van der Waals surface area contributed by atoms with E-state index in [9.17, 15) is 0 Å². The lowest BCUT2D eigenvalue weighted by Gasteiger charge is -2.22. The fourth-order valence-corrected chi connectivity index (χ4v) is 1.99. The number of hydrogen-bond acceptors (Lipinski definition) is 1. The van der Waals surface area contributed by atoms with Crippen molar-refractivity contribution in [3.8, 4) is 0 Å². The third-order valence-electron chi connectivity index (χ3n) is 3.03. The van der Waals surface area contributed by atoms with Gasteiger partial charge < -0.3 is 0 Å². The molecule has 0 spiro atoms. The fourth-order valence-electron chi connectivity index (χ4n) is 1.99. The van der Waals surface area contributed by atoms with Gasteiger partial charge in [0.25, 0.3) is 0 Å². The largest absolute Gasteiger partial charge is 0.269 e. The lowest BCUT2D eigenvalue weighted by molar-refractivity contribution is 0.570. The van der Waals surface area contributed by atoms with Crippen molar-refractivity contribution in [2.24, 2.45) is 16.8 Å². The molecule has 1 heteroatoms. The highest BCUT2D eigenvalue weighted by atomic mass is 14.7. The molecule has 2 rings (SSSR count). The molecule has 0 radical (unpaired) electrons. The first kappa shape index (κ1) is 12.0. The van der Waals surface area contributed by atoms with E-state index in [1.54, 1.807) is 0 Å². The molecule has 0 amide bonds. The second-order valence-corrected chi connectivity index (χ2v) is 3.83. The van der Waals surface area contributed by atoms with Gasteiger partial charge in [-0.15, -0.1) is 0 Å². The Morgan fingerprint density at radius 1 is 1.27 bits per heavy atom. The maximum atomic E-state index is 4.22. The number of nitrogens with zero attached hydrogens (tertiary/aromatic N) is 1. The Hall–Kier alpha value is -1.11. The first-order chi connectivity index (χ1) is 7.29. The van der Waals surface area contributed by atoms with Crippen molar-refractivity contribution in [3.05, 3.63) is 35.6 Å². The number of fused-ring (bicyclic) bond motifs is 1. The Morgan fingerprint density at radius 2 is 2.00 bits per heavy atom. The molecule has 2 aliphatic rings. The molecule has 0 aromatic rings. The highest BCUT2D eigenvalue weighted by Crippen LogP contribution is 2.31. The Kier molecular flexibility index (Phi) is 4.54. The predicted octanol–water partition coefficient (Wildman–Crippen LogP) is 4.14. The number of allylic oxidation sites excluding steroid dienone is 5. The van der Waals surface area contributed by atoms with Gasteiger partial charge in [0.05, 0.1) is 0 Å². The van der Waals surface area contributed by atoms with Crippen LogP contribution in [0.5, 0.6) is 0 Å². The summed E-state index contributed by atoms with van der Waals surface area (Å²) in [6.07, 6.45) is 11.9. The smallest absolute Gasteiger partial charge is 0.0227 e. The normalized spacial score (nSPS) is 28.0. The summed E-state index contributed by atoms with van der Waals surface area (Å²) >= 11 is 0. The maximum Gasteiger partial charge on any atom is 0.0227 e. The third-order valence-corrected chi connectivity index (χ3v) is 3.03. The number of hydrogen-bond donors (Lipinski definition) is 0. The molecule has 1 nitrogen and oxygen atoms in total. The fraction of sp³-hybridized carbons (Fsp3) is 0.500. The molecular formula is C14H21N. The molecule has 2 unspecified atom stereocenters. The molecule has 1 aliphatic heterocycles. The molecule has 0 bridgehead atoms. The van der Waals surface area contributed by atoms with E-state index in [0.29, 0.717) is 11.8 Å². The second-order valence-electron chi connectivity index (χ2n) is 3.83. The van der Waals surface area contributed by atoms with E-state index in [0.717, 1.165) is 6.42 Å². The van der Waals surface area contributed by atoms with Crippen molar-refractivity contribution in [3.63, 3.8) is 0 Å². The van der Waals surface area contributed by atoms with Crippen LogP contribution in [0.4, 0.5) is 0 Å². The van der Waals surface area contributed by atoms with Crippen LogP contribution in [-0.4, -0.2) is 6.21 Å². The molecule has 2 atom stereocenters. The van der Waals surface area contributed by atoms with E-state index in [1.807, 2.05) is 20.0 Å². The van der Waals surface area contributed by atoms with Gasteiger partial charge in [-0.25, -0.2) is 0 Å². The van der Waals surface area contributed by atoms with E-state index in [2.05, 4.69) is 43.3 Å². The molecule has 0 aromatic heterocycles. The maximum absolute atomic E-state index is 4.22. The molecule has 15 heavy (non-hydrogen) atoms. The summed E-state index contributed by atoms with van der Waals surface area (Å²) < 4.78 is 0. The Labute approximate surface area is 93.3 Å². The van der Waals surface area contributed by atoms with Crippen LogP contribution in [0.25, 0.3) is 0 Å². The summed E-state index contributed by atoms with van der Waals surface area (Å²) in [5, 5.41) is 0. The Bertz CT molecular complexity index is 318. The quantitative estimate of drug-likeness (QED) is 0.561. The van der Waals surface area contributed by atoms with Crippen LogP contribution in [0.1, 0.15) is 34.1 Å². The summed E-state index contributed by atoms with van der Waals surface area (Å²) in [5.41, 5.74) is 2.86. The molecule has 1 aliphatic carbocycles. The van der Waals surface area contributed by atoms with Crippen LogP contribution < -0.4 is 0 Å². The lowest BCUT2D eigenvalue weighted by atomic mass is 9.84. The van der Waals surface area contributed by atoms with E-state index >= 15 is 0 Å². The van der Waals surface area contributed by atoms with Crippen molar-refractivity contribution in [1.29, 1.82) is 0 Å². The Balaban J connectivity index is 0.000000531. The highest BCUT2D eigenvalue weighted by Gasteiger charge is 2.22. The second kappa shape index (κ2) is 5.69. The summed E-state index contributed by atoms with van der Waals surface area (Å²) in [6, 6.07) is 0. The topological polar surface area (TPSA) is 12.4 Å². The van der Waals surface area contributed by atoms with E-state index in [-0.39, 0.29) is 0 Å². The van der Waals surface area contributed by atoms with Gasteiger partial charge in [0.15, 0.2) is 0 Å². The van der Waals surface area contributed by atoms with E-state index < -0.39 is 0 Å². The molecule has 0 saturated heterocycles. The molecule has 82 valence electrons. The van der Waals surface area contributed by atoms with Gasteiger partial charge in [-0.1, -0.05) is 43.2 Å². The summed E-state index contributed by atoms with van der Waals surface area (Å²) in [4.78, 5) is 4.22. The van der Waals surface area contributed by atoms with Crippen LogP contribution in [0.2, 0.25) is 0 Å². The SMILES string of the molecule is CC.CC1=C(C)C2C=NC=CC2CC=C1. The average molecular weight is 203 g/mol. The van der Waals surface area contributed by atoms with E-state index in [1.165, 1.54) is 11.1 Å². The first-order valence-electron chi connectivity index (χ1n) is 5.83. The van der Waals surface area contributed by atoms with Gasteiger partial charge in [-0.2, -0.15) is 0 Å². The van der Waals surface area contributed by atoms with E-state index in [4.69, 9.17) is 0 Å². The number of aliphatic imine (C=N–C) groups is 1. The summed E-state index contributed by atoms with van der Waals surface area (Å²) in [7, 11) is 0. The molecule has 0 N–H and O–H groups in total. The molecule has 0 saturated carbocycles. The van der Waals surface area contributed by atoms with Crippen LogP contribution in [0.15, 0.2) is 40.6 Å². The first-order valence-corrected chi connectivity index (χ1v) is 5.83.